The lowest BCUT2D eigenvalue weighted by molar-refractivity contribution is -0.418. The monoisotopic (exact) mass is 366 g/mol. The lowest BCUT2D eigenvalue weighted by Gasteiger charge is -2.48. The topological polar surface area (TPSA) is 49.7 Å². The van der Waals surface area contributed by atoms with Crippen molar-refractivity contribution in [2.45, 2.75) is 55.3 Å². The van der Waals surface area contributed by atoms with Gasteiger partial charge in [0.25, 0.3) is 0 Å². The molecule has 4 fully saturated rings. The van der Waals surface area contributed by atoms with Gasteiger partial charge in [0.05, 0.1) is 0 Å². The van der Waals surface area contributed by atoms with E-state index in [1.54, 1.807) is 0 Å². The Balaban J connectivity index is 1.63. The summed E-state index contributed by atoms with van der Waals surface area (Å²) in [6.45, 7) is 0.690. The molecule has 0 amide bonds. The van der Waals surface area contributed by atoms with Gasteiger partial charge in [-0.05, 0) is 61.7 Å². The van der Waals surface area contributed by atoms with Crippen LogP contribution in [0.15, 0.2) is 12.2 Å². The van der Waals surface area contributed by atoms with Gasteiger partial charge in [-0.2, -0.15) is 22.0 Å². The molecular formula is C17H19F5O3. The van der Waals surface area contributed by atoms with Crippen molar-refractivity contribution in [2.75, 3.05) is 0 Å². The Morgan fingerprint density at radius 1 is 1.04 bits per heavy atom. The largest absolute Gasteiger partial charge is 0.449 e. The van der Waals surface area contributed by atoms with E-state index in [4.69, 9.17) is 4.74 Å². The molecule has 0 aromatic carbocycles. The summed E-state index contributed by atoms with van der Waals surface area (Å²) in [5, 5.41) is 20.5. The SMILES string of the molecule is CC1(O)C2(CC3CC2C2C4C=CC(C4)C32)OC(O)(C(F)(F)F)C1(F)F. The first kappa shape index (κ1) is 16.4. The number of alkyl halides is 5. The molecule has 5 aliphatic rings. The highest BCUT2D eigenvalue weighted by atomic mass is 19.4. The fourth-order valence-corrected chi connectivity index (χ4v) is 6.97. The Morgan fingerprint density at radius 3 is 2.20 bits per heavy atom. The van der Waals surface area contributed by atoms with Crippen LogP contribution in [-0.4, -0.2) is 39.3 Å². The van der Waals surface area contributed by atoms with Crippen LogP contribution in [0.1, 0.15) is 26.2 Å². The highest BCUT2D eigenvalue weighted by Crippen LogP contribution is 2.75. The van der Waals surface area contributed by atoms with Crippen molar-refractivity contribution < 1.29 is 36.9 Å². The number of halogens is 5. The van der Waals surface area contributed by atoms with Crippen molar-refractivity contribution in [1.29, 1.82) is 0 Å². The molecule has 25 heavy (non-hydrogen) atoms. The van der Waals surface area contributed by atoms with Gasteiger partial charge in [-0.3, -0.25) is 0 Å². The van der Waals surface area contributed by atoms with Gasteiger partial charge >= 0.3 is 17.9 Å². The molecule has 140 valence electrons. The third-order valence-electron chi connectivity index (χ3n) is 7.89. The number of allylic oxidation sites excluding steroid dienone is 2. The smallest absolute Gasteiger partial charge is 0.381 e. The molecule has 3 nitrogen and oxygen atoms in total. The molecule has 0 radical (unpaired) electrons. The molecule has 9 atom stereocenters. The van der Waals surface area contributed by atoms with E-state index in [1.165, 1.54) is 0 Å². The van der Waals surface area contributed by atoms with Gasteiger partial charge in [0, 0.05) is 0 Å². The van der Waals surface area contributed by atoms with Gasteiger partial charge in [0.1, 0.15) is 5.60 Å². The fraction of sp³-hybridized carbons (Fsp3) is 0.882. The maximum atomic E-state index is 14.7. The molecule has 0 aromatic rings. The maximum Gasteiger partial charge on any atom is 0.449 e. The van der Waals surface area contributed by atoms with Gasteiger partial charge in [-0.1, -0.05) is 12.2 Å². The molecule has 4 bridgehead atoms. The van der Waals surface area contributed by atoms with E-state index in [1.807, 2.05) is 6.08 Å². The molecule has 1 aliphatic heterocycles. The lowest BCUT2D eigenvalue weighted by atomic mass is 9.62. The van der Waals surface area contributed by atoms with Crippen molar-refractivity contribution in [3.8, 4) is 0 Å². The normalized spacial score (nSPS) is 60.8. The average molecular weight is 366 g/mol. The summed E-state index contributed by atoms with van der Waals surface area (Å²) in [4.78, 5) is 0. The quantitative estimate of drug-likeness (QED) is 0.394. The predicted molar refractivity (Wildman–Crippen MR) is 74.3 cm³/mol. The predicted octanol–water partition coefficient (Wildman–Crippen LogP) is 2.87. The summed E-state index contributed by atoms with van der Waals surface area (Å²) in [6.07, 6.45) is -0.299. The number of fused-ring (bicyclic) bond motifs is 10. The Hall–Kier alpha value is -0.730. The van der Waals surface area contributed by atoms with Crippen LogP contribution >= 0.6 is 0 Å². The minimum atomic E-state index is -5.71. The van der Waals surface area contributed by atoms with Crippen LogP contribution in [0.2, 0.25) is 0 Å². The van der Waals surface area contributed by atoms with Crippen molar-refractivity contribution >= 4 is 0 Å². The van der Waals surface area contributed by atoms with E-state index in [0.29, 0.717) is 19.3 Å². The van der Waals surface area contributed by atoms with Crippen molar-refractivity contribution in [2.24, 2.45) is 35.5 Å². The van der Waals surface area contributed by atoms with Crippen LogP contribution in [0.3, 0.4) is 0 Å². The molecule has 9 unspecified atom stereocenters. The van der Waals surface area contributed by atoms with E-state index < -0.39 is 35.0 Å². The molecule has 5 rings (SSSR count). The number of hydrogen-bond donors (Lipinski definition) is 2. The minimum absolute atomic E-state index is 0.0622. The number of rotatable bonds is 0. The van der Waals surface area contributed by atoms with E-state index in [-0.39, 0.29) is 30.1 Å². The summed E-state index contributed by atoms with van der Waals surface area (Å²) in [6, 6.07) is 0. The van der Waals surface area contributed by atoms with Gasteiger partial charge in [-0.25, -0.2) is 0 Å². The number of hydrogen-bond acceptors (Lipinski definition) is 3. The standard InChI is InChI=1S/C17H19F5O3/c1-13(23)14(25-16(24,15(13,18)19)17(20,21)22)6-9-5-10(14)12-8-3-2-7(4-8)11(9)12/h2-3,7-12,23-24H,4-6H2,1H3. The van der Waals surface area contributed by atoms with Gasteiger partial charge in [0.15, 0.2) is 5.60 Å². The molecule has 0 aromatic heterocycles. The van der Waals surface area contributed by atoms with Crippen molar-refractivity contribution in [3.05, 3.63) is 12.2 Å². The Morgan fingerprint density at radius 2 is 1.64 bits per heavy atom. The zero-order valence-corrected chi connectivity index (χ0v) is 13.4. The summed E-state index contributed by atoms with van der Waals surface area (Å²) in [5.74, 6) is -9.52. The second-order valence-electron chi connectivity index (χ2n) is 8.69. The zero-order chi connectivity index (χ0) is 18.2. The molecule has 4 aliphatic carbocycles. The Labute approximate surface area is 140 Å². The maximum absolute atomic E-state index is 14.7. The highest BCUT2D eigenvalue weighted by molar-refractivity contribution is 5.31. The minimum Gasteiger partial charge on any atom is -0.381 e. The molecule has 1 spiro atoms. The number of aliphatic hydroxyl groups is 2. The highest BCUT2D eigenvalue weighted by Gasteiger charge is 2.91. The molecule has 1 heterocycles. The summed E-state index contributed by atoms with van der Waals surface area (Å²) in [7, 11) is 0. The third-order valence-corrected chi connectivity index (χ3v) is 7.89. The number of ether oxygens (including phenoxy) is 1. The van der Waals surface area contributed by atoms with Gasteiger partial charge in [-0.15, -0.1) is 0 Å². The van der Waals surface area contributed by atoms with Crippen LogP contribution in [-0.2, 0) is 4.74 Å². The molecule has 2 N–H and O–H groups in total. The second-order valence-corrected chi connectivity index (χ2v) is 8.69. The van der Waals surface area contributed by atoms with Gasteiger partial charge in [0.2, 0.25) is 0 Å². The van der Waals surface area contributed by atoms with Crippen molar-refractivity contribution in [1.82, 2.24) is 0 Å². The van der Waals surface area contributed by atoms with Crippen LogP contribution in [0.25, 0.3) is 0 Å². The van der Waals surface area contributed by atoms with Crippen LogP contribution in [0.4, 0.5) is 22.0 Å². The molecule has 1 saturated heterocycles. The third kappa shape index (κ3) is 1.45. The van der Waals surface area contributed by atoms with Gasteiger partial charge < -0.3 is 14.9 Å². The van der Waals surface area contributed by atoms with E-state index in [0.717, 1.165) is 6.42 Å². The average Bonchev–Trinajstić information content (AvgIpc) is 3.24. The molecule has 3 saturated carbocycles. The molecule has 8 heteroatoms. The zero-order valence-electron chi connectivity index (χ0n) is 13.4. The Bertz CT molecular complexity index is 674. The van der Waals surface area contributed by atoms with Crippen molar-refractivity contribution in [3.63, 3.8) is 0 Å². The van der Waals surface area contributed by atoms with E-state index >= 15 is 0 Å². The van der Waals surface area contributed by atoms with Crippen LogP contribution < -0.4 is 0 Å². The van der Waals surface area contributed by atoms with Crippen LogP contribution in [0, 0.1) is 35.5 Å². The lowest BCUT2D eigenvalue weighted by Crippen LogP contribution is -2.65. The first-order valence-electron chi connectivity index (χ1n) is 8.65. The second kappa shape index (κ2) is 4.07. The summed E-state index contributed by atoms with van der Waals surface area (Å²) >= 11 is 0. The van der Waals surface area contributed by atoms with Crippen LogP contribution in [0.5, 0.6) is 0 Å². The van der Waals surface area contributed by atoms with E-state index in [9.17, 15) is 32.2 Å². The van der Waals surface area contributed by atoms with E-state index in [2.05, 4.69) is 6.08 Å². The Kier molecular flexibility index (Phi) is 2.68. The summed E-state index contributed by atoms with van der Waals surface area (Å²) < 4.78 is 74.1. The fourth-order valence-electron chi connectivity index (χ4n) is 6.97. The molecular weight excluding hydrogens is 347 g/mol. The summed E-state index contributed by atoms with van der Waals surface area (Å²) in [5.41, 5.74) is -5.18. The first-order valence-corrected chi connectivity index (χ1v) is 8.65. The first-order chi connectivity index (χ1) is 11.4.